The van der Waals surface area contributed by atoms with Gasteiger partial charge >= 0.3 is 5.97 Å². The van der Waals surface area contributed by atoms with Crippen LogP contribution in [0.3, 0.4) is 0 Å². The fourth-order valence-electron chi connectivity index (χ4n) is 2.99. The fourth-order valence-corrected chi connectivity index (χ4v) is 2.99. The molecule has 0 aliphatic heterocycles. The van der Waals surface area contributed by atoms with Crippen LogP contribution in [0.2, 0.25) is 0 Å². The highest BCUT2D eigenvalue weighted by Crippen LogP contribution is 2.25. The molecule has 0 radical (unpaired) electrons. The number of esters is 1. The minimum atomic E-state index is -0.482. The lowest BCUT2D eigenvalue weighted by molar-refractivity contribution is -0.148. The highest BCUT2D eigenvalue weighted by Gasteiger charge is 2.14. The predicted octanol–water partition coefficient (Wildman–Crippen LogP) is 5.47. The minimum Gasteiger partial charge on any atom is -0.457 e. The lowest BCUT2D eigenvalue weighted by Gasteiger charge is -2.17. The Kier molecular flexibility index (Phi) is 5.45. The van der Waals surface area contributed by atoms with Crippen LogP contribution in [0.1, 0.15) is 39.7 Å². The second-order valence-electron chi connectivity index (χ2n) is 7.56. The summed E-state index contributed by atoms with van der Waals surface area (Å²) in [6.45, 7) is 8.67. The summed E-state index contributed by atoms with van der Waals surface area (Å²) in [7, 11) is 0. The van der Waals surface area contributed by atoms with Gasteiger partial charge in [0.15, 0.2) is 0 Å². The average Bonchev–Trinajstić information content (AvgIpc) is 2.98. The Morgan fingerprint density at radius 3 is 2.48 bits per heavy atom. The normalized spacial score (nSPS) is 12.0. The van der Waals surface area contributed by atoms with Crippen LogP contribution in [0.25, 0.3) is 28.5 Å². The number of aryl methyl sites for hydroxylation is 1. The lowest BCUT2D eigenvalue weighted by atomic mass is 10.1. The number of hydrogen-bond donors (Lipinski definition) is 0. The molecule has 3 rings (SSSR count). The quantitative estimate of drug-likeness (QED) is 0.447. The van der Waals surface area contributed by atoms with Crippen molar-refractivity contribution < 1.29 is 9.53 Å². The zero-order valence-electron chi connectivity index (χ0n) is 16.4. The van der Waals surface area contributed by atoms with E-state index in [1.165, 1.54) is 6.08 Å². The highest BCUT2D eigenvalue weighted by atomic mass is 16.6. The summed E-state index contributed by atoms with van der Waals surface area (Å²) in [6, 6.07) is 16.3. The van der Waals surface area contributed by atoms with Crippen molar-refractivity contribution >= 4 is 23.1 Å². The van der Waals surface area contributed by atoms with Crippen LogP contribution in [-0.2, 0) is 16.1 Å². The van der Waals surface area contributed by atoms with Gasteiger partial charge in [-0.25, -0.2) is 9.78 Å². The number of para-hydroxylation sites is 2. The summed E-state index contributed by atoms with van der Waals surface area (Å²) in [4.78, 5) is 16.6. The van der Waals surface area contributed by atoms with Crippen molar-refractivity contribution in [1.29, 1.82) is 0 Å². The molecule has 140 valence electrons. The van der Waals surface area contributed by atoms with Crippen molar-refractivity contribution in [2.24, 2.45) is 0 Å². The van der Waals surface area contributed by atoms with Crippen molar-refractivity contribution in [2.75, 3.05) is 0 Å². The first-order chi connectivity index (χ1) is 12.9. The molecule has 0 bridgehead atoms. The first kappa shape index (κ1) is 18.9. The number of aromatic nitrogens is 2. The maximum absolute atomic E-state index is 11.8. The maximum Gasteiger partial charge on any atom is 0.331 e. The van der Waals surface area contributed by atoms with E-state index in [-0.39, 0.29) is 5.97 Å². The average molecular weight is 362 g/mol. The molecule has 4 nitrogen and oxygen atoms in total. The van der Waals surface area contributed by atoms with E-state index in [9.17, 15) is 4.79 Å². The number of carbonyl (C=O) groups excluding carboxylic acids is 1. The Morgan fingerprint density at radius 1 is 1.11 bits per heavy atom. The molecule has 0 amide bonds. The van der Waals surface area contributed by atoms with Crippen LogP contribution in [0.15, 0.2) is 54.6 Å². The van der Waals surface area contributed by atoms with Gasteiger partial charge in [-0.2, -0.15) is 0 Å². The molecule has 2 aromatic carbocycles. The van der Waals surface area contributed by atoms with Gasteiger partial charge in [-0.1, -0.05) is 43.3 Å². The van der Waals surface area contributed by atoms with Crippen molar-refractivity contribution in [1.82, 2.24) is 9.55 Å². The van der Waals surface area contributed by atoms with E-state index >= 15 is 0 Å². The van der Waals surface area contributed by atoms with Gasteiger partial charge in [0.05, 0.1) is 11.0 Å². The molecule has 0 fully saturated rings. The van der Waals surface area contributed by atoms with Crippen molar-refractivity contribution in [3.8, 4) is 11.4 Å². The van der Waals surface area contributed by atoms with E-state index in [1.54, 1.807) is 6.08 Å². The van der Waals surface area contributed by atoms with E-state index in [0.29, 0.717) is 0 Å². The molecule has 0 aliphatic carbocycles. The number of carbonyl (C=O) groups is 1. The first-order valence-corrected chi connectivity index (χ1v) is 9.34. The third kappa shape index (κ3) is 4.64. The molecule has 0 aliphatic rings. The Balaban J connectivity index is 1.85. The summed E-state index contributed by atoms with van der Waals surface area (Å²) in [6.07, 6.45) is 4.28. The summed E-state index contributed by atoms with van der Waals surface area (Å²) >= 11 is 0. The number of nitrogens with zero attached hydrogens (tertiary/aromatic N) is 2. The number of hydrogen-bond acceptors (Lipinski definition) is 3. The largest absolute Gasteiger partial charge is 0.457 e. The Labute approximate surface area is 160 Å². The topological polar surface area (TPSA) is 44.1 Å². The molecule has 1 aromatic heterocycles. The van der Waals surface area contributed by atoms with Gasteiger partial charge in [-0.3, -0.25) is 0 Å². The molecular formula is C23H26N2O2. The summed E-state index contributed by atoms with van der Waals surface area (Å²) in [5, 5.41) is 0. The highest BCUT2D eigenvalue weighted by molar-refractivity contribution is 5.87. The zero-order valence-corrected chi connectivity index (χ0v) is 16.4. The molecule has 0 N–H and O–H groups in total. The van der Waals surface area contributed by atoms with Crippen LogP contribution in [0.5, 0.6) is 0 Å². The van der Waals surface area contributed by atoms with Gasteiger partial charge < -0.3 is 9.30 Å². The van der Waals surface area contributed by atoms with Gasteiger partial charge in [-0.15, -0.1) is 0 Å². The predicted molar refractivity (Wildman–Crippen MR) is 110 cm³/mol. The summed E-state index contributed by atoms with van der Waals surface area (Å²) in [5.41, 5.74) is 3.69. The van der Waals surface area contributed by atoms with E-state index in [1.807, 2.05) is 63.2 Å². The van der Waals surface area contributed by atoms with Gasteiger partial charge in [0, 0.05) is 18.2 Å². The maximum atomic E-state index is 11.8. The molecule has 0 unspecified atom stereocenters. The van der Waals surface area contributed by atoms with Crippen molar-refractivity contribution in [3.05, 3.63) is 60.2 Å². The van der Waals surface area contributed by atoms with Crippen LogP contribution in [-0.4, -0.2) is 21.1 Å². The second kappa shape index (κ2) is 7.78. The van der Waals surface area contributed by atoms with Crippen LogP contribution < -0.4 is 0 Å². The van der Waals surface area contributed by atoms with E-state index in [2.05, 4.69) is 17.6 Å². The Morgan fingerprint density at radius 2 is 1.81 bits per heavy atom. The molecule has 4 heteroatoms. The number of imidazole rings is 1. The summed E-state index contributed by atoms with van der Waals surface area (Å²) in [5.74, 6) is 0.636. The Bertz CT molecular complexity index is 960. The fraction of sp³-hybridized carbons (Fsp3) is 0.304. The molecule has 0 spiro atoms. The second-order valence-corrected chi connectivity index (χ2v) is 7.56. The number of rotatable bonds is 5. The molecule has 27 heavy (non-hydrogen) atoms. The molecular weight excluding hydrogens is 336 g/mol. The lowest BCUT2D eigenvalue weighted by Crippen LogP contribution is -2.22. The molecule has 0 saturated carbocycles. The van der Waals surface area contributed by atoms with Gasteiger partial charge in [-0.05, 0) is 51.0 Å². The van der Waals surface area contributed by atoms with Crippen LogP contribution in [0.4, 0.5) is 0 Å². The van der Waals surface area contributed by atoms with E-state index in [0.717, 1.165) is 41.0 Å². The van der Waals surface area contributed by atoms with E-state index < -0.39 is 5.60 Å². The van der Waals surface area contributed by atoms with Gasteiger partial charge in [0.1, 0.15) is 11.4 Å². The van der Waals surface area contributed by atoms with Gasteiger partial charge in [0.2, 0.25) is 0 Å². The number of fused-ring (bicyclic) bond motifs is 1. The SMILES string of the molecule is CCCn1c(-c2ccc(C=CC(=O)OC(C)(C)C)cc2)nc2ccccc21. The Hall–Kier alpha value is -2.88. The third-order valence-electron chi connectivity index (χ3n) is 4.09. The minimum absolute atomic E-state index is 0.337. The van der Waals surface area contributed by atoms with E-state index in [4.69, 9.17) is 9.72 Å². The summed E-state index contributed by atoms with van der Waals surface area (Å²) < 4.78 is 7.55. The molecule has 3 aromatic rings. The zero-order chi connectivity index (χ0) is 19.4. The third-order valence-corrected chi connectivity index (χ3v) is 4.09. The van der Waals surface area contributed by atoms with Crippen LogP contribution >= 0.6 is 0 Å². The number of ether oxygens (including phenoxy) is 1. The smallest absolute Gasteiger partial charge is 0.331 e. The van der Waals surface area contributed by atoms with Crippen molar-refractivity contribution in [2.45, 2.75) is 46.3 Å². The molecule has 0 saturated heterocycles. The molecule has 0 atom stereocenters. The number of benzene rings is 2. The van der Waals surface area contributed by atoms with Crippen LogP contribution in [0, 0.1) is 0 Å². The first-order valence-electron chi connectivity index (χ1n) is 9.34. The van der Waals surface area contributed by atoms with Crippen molar-refractivity contribution in [3.63, 3.8) is 0 Å². The monoisotopic (exact) mass is 362 g/mol. The standard InChI is InChI=1S/C23H26N2O2/c1-5-16-25-20-9-7-6-8-19(20)24-22(25)18-13-10-17(11-14-18)12-15-21(26)27-23(2,3)4/h6-15H,5,16H2,1-4H3. The molecule has 1 heterocycles. The van der Waals surface area contributed by atoms with Gasteiger partial charge in [0.25, 0.3) is 0 Å².